The molecular formula is C22H21NO6. The van der Waals surface area contributed by atoms with Crippen molar-refractivity contribution < 1.29 is 28.6 Å². The Balaban J connectivity index is 1.23. The topological polar surface area (TPSA) is 82.1 Å². The van der Waals surface area contributed by atoms with E-state index in [1.807, 2.05) is 6.07 Å². The number of imide groups is 1. The van der Waals surface area contributed by atoms with Crippen molar-refractivity contribution in [1.29, 1.82) is 0 Å². The van der Waals surface area contributed by atoms with Crippen molar-refractivity contribution in [2.45, 2.75) is 32.0 Å². The quantitative estimate of drug-likeness (QED) is 0.425. The fourth-order valence-corrected chi connectivity index (χ4v) is 3.45. The second-order valence-electron chi connectivity index (χ2n) is 6.99. The van der Waals surface area contributed by atoms with Gasteiger partial charge in [0.2, 0.25) is 6.10 Å². The van der Waals surface area contributed by atoms with Crippen molar-refractivity contribution in [3.8, 4) is 11.5 Å². The van der Waals surface area contributed by atoms with E-state index in [4.69, 9.17) is 14.2 Å². The SMILES string of the molecule is CC1Oc2ccccc2OC1C(=O)OCCCCN1C(=O)c2ccccc2C1=O. The summed E-state index contributed by atoms with van der Waals surface area (Å²) >= 11 is 0. The minimum absolute atomic E-state index is 0.177. The fourth-order valence-electron chi connectivity index (χ4n) is 3.45. The fraction of sp³-hybridized carbons (Fsp3) is 0.318. The summed E-state index contributed by atoms with van der Waals surface area (Å²) < 4.78 is 16.7. The van der Waals surface area contributed by atoms with Gasteiger partial charge in [0.25, 0.3) is 11.8 Å². The van der Waals surface area contributed by atoms with E-state index in [-0.39, 0.29) is 25.0 Å². The number of esters is 1. The summed E-state index contributed by atoms with van der Waals surface area (Å²) in [5.74, 6) is 0.0709. The number of ether oxygens (including phenoxy) is 3. The highest BCUT2D eigenvalue weighted by Crippen LogP contribution is 2.33. The summed E-state index contributed by atoms with van der Waals surface area (Å²) in [7, 11) is 0. The predicted molar refractivity (Wildman–Crippen MR) is 103 cm³/mol. The zero-order valence-electron chi connectivity index (χ0n) is 16.0. The molecule has 2 aromatic rings. The predicted octanol–water partition coefficient (Wildman–Crippen LogP) is 2.83. The third-order valence-corrected chi connectivity index (χ3v) is 4.97. The summed E-state index contributed by atoms with van der Waals surface area (Å²) in [6.07, 6.45) is -0.228. The van der Waals surface area contributed by atoms with E-state index in [0.29, 0.717) is 35.5 Å². The highest BCUT2D eigenvalue weighted by atomic mass is 16.6. The number of amides is 2. The maximum absolute atomic E-state index is 12.3. The highest BCUT2D eigenvalue weighted by Gasteiger charge is 2.36. The lowest BCUT2D eigenvalue weighted by molar-refractivity contribution is -0.157. The minimum atomic E-state index is -0.832. The highest BCUT2D eigenvalue weighted by molar-refractivity contribution is 6.21. The number of nitrogens with zero attached hydrogens (tertiary/aromatic N) is 1. The molecule has 2 amide bonds. The molecule has 2 unspecified atom stereocenters. The average molecular weight is 395 g/mol. The van der Waals surface area contributed by atoms with E-state index in [1.54, 1.807) is 49.4 Å². The van der Waals surface area contributed by atoms with Crippen LogP contribution in [0, 0.1) is 0 Å². The monoisotopic (exact) mass is 395 g/mol. The van der Waals surface area contributed by atoms with Gasteiger partial charge in [-0.05, 0) is 44.0 Å². The van der Waals surface area contributed by atoms with Gasteiger partial charge in [-0.2, -0.15) is 0 Å². The minimum Gasteiger partial charge on any atom is -0.482 e. The van der Waals surface area contributed by atoms with Crippen molar-refractivity contribution in [1.82, 2.24) is 4.90 Å². The third-order valence-electron chi connectivity index (χ3n) is 4.97. The largest absolute Gasteiger partial charge is 0.482 e. The number of carbonyl (C=O) groups is 3. The van der Waals surface area contributed by atoms with Crippen LogP contribution in [0.25, 0.3) is 0 Å². The summed E-state index contributed by atoms with van der Waals surface area (Å²) in [4.78, 5) is 38.2. The summed E-state index contributed by atoms with van der Waals surface area (Å²) in [6.45, 7) is 2.22. The molecule has 2 atom stereocenters. The van der Waals surface area contributed by atoms with Gasteiger partial charge in [0, 0.05) is 6.54 Å². The molecule has 7 heteroatoms. The van der Waals surface area contributed by atoms with Crippen molar-refractivity contribution in [3.05, 3.63) is 59.7 Å². The van der Waals surface area contributed by atoms with Crippen molar-refractivity contribution in [2.24, 2.45) is 0 Å². The third kappa shape index (κ3) is 3.68. The van der Waals surface area contributed by atoms with Crippen LogP contribution in [0.4, 0.5) is 0 Å². The van der Waals surface area contributed by atoms with Gasteiger partial charge in [0.05, 0.1) is 17.7 Å². The molecule has 0 aliphatic carbocycles. The Kier molecular flexibility index (Phi) is 5.20. The van der Waals surface area contributed by atoms with Crippen LogP contribution in [-0.4, -0.2) is 48.0 Å². The van der Waals surface area contributed by atoms with Gasteiger partial charge >= 0.3 is 5.97 Å². The number of carbonyl (C=O) groups excluding carboxylic acids is 3. The molecule has 0 saturated carbocycles. The molecule has 0 bridgehead atoms. The van der Waals surface area contributed by atoms with Gasteiger partial charge < -0.3 is 14.2 Å². The van der Waals surface area contributed by atoms with Crippen molar-refractivity contribution in [3.63, 3.8) is 0 Å². The number of rotatable bonds is 6. The molecule has 0 aromatic heterocycles. The van der Waals surface area contributed by atoms with E-state index < -0.39 is 18.2 Å². The summed E-state index contributed by atoms with van der Waals surface area (Å²) in [5, 5.41) is 0. The zero-order chi connectivity index (χ0) is 20.4. The Morgan fingerprint density at radius 3 is 2.17 bits per heavy atom. The first-order valence-electron chi connectivity index (χ1n) is 9.60. The lowest BCUT2D eigenvalue weighted by atomic mass is 10.1. The zero-order valence-corrected chi connectivity index (χ0v) is 16.0. The lowest BCUT2D eigenvalue weighted by Crippen LogP contribution is -2.44. The molecule has 0 fully saturated rings. The van der Waals surface area contributed by atoms with Crippen molar-refractivity contribution >= 4 is 17.8 Å². The number of benzene rings is 2. The first-order valence-corrected chi connectivity index (χ1v) is 9.60. The number of hydrogen-bond donors (Lipinski definition) is 0. The Morgan fingerprint density at radius 1 is 0.931 bits per heavy atom. The van der Waals surface area contributed by atoms with Gasteiger partial charge in [0.1, 0.15) is 6.10 Å². The van der Waals surface area contributed by atoms with Crippen molar-refractivity contribution in [2.75, 3.05) is 13.2 Å². The number of unbranched alkanes of at least 4 members (excludes halogenated alkanes) is 1. The van der Waals surface area contributed by atoms with Gasteiger partial charge in [-0.25, -0.2) is 4.79 Å². The van der Waals surface area contributed by atoms with Crippen LogP contribution in [0.15, 0.2) is 48.5 Å². The number of para-hydroxylation sites is 2. The Hall–Kier alpha value is -3.35. The molecule has 0 radical (unpaired) electrons. The smallest absolute Gasteiger partial charge is 0.351 e. The summed E-state index contributed by atoms with van der Waals surface area (Å²) in [6, 6.07) is 14.0. The first-order chi connectivity index (χ1) is 14.1. The maximum Gasteiger partial charge on any atom is 0.351 e. The van der Waals surface area contributed by atoms with Crippen LogP contribution in [-0.2, 0) is 9.53 Å². The normalized spacial score (nSPS) is 19.8. The van der Waals surface area contributed by atoms with E-state index in [0.717, 1.165) is 0 Å². The number of hydrogen-bond acceptors (Lipinski definition) is 6. The lowest BCUT2D eigenvalue weighted by Gasteiger charge is -2.30. The van der Waals surface area contributed by atoms with E-state index in [2.05, 4.69) is 0 Å². The first kappa shape index (κ1) is 19.0. The van der Waals surface area contributed by atoms with Crippen LogP contribution in [0.2, 0.25) is 0 Å². The van der Waals surface area contributed by atoms with Crippen LogP contribution in [0.5, 0.6) is 11.5 Å². The van der Waals surface area contributed by atoms with Gasteiger partial charge in [-0.3, -0.25) is 14.5 Å². The second kappa shape index (κ2) is 7.95. The van der Waals surface area contributed by atoms with E-state index in [1.165, 1.54) is 4.90 Å². The van der Waals surface area contributed by atoms with Gasteiger partial charge in [-0.15, -0.1) is 0 Å². The molecule has 2 aliphatic rings. The van der Waals surface area contributed by atoms with E-state index in [9.17, 15) is 14.4 Å². The van der Waals surface area contributed by atoms with Crippen LogP contribution in [0.1, 0.15) is 40.5 Å². The molecule has 150 valence electrons. The van der Waals surface area contributed by atoms with Gasteiger partial charge in [-0.1, -0.05) is 24.3 Å². The Labute approximate surface area is 168 Å². The molecule has 2 aromatic carbocycles. The van der Waals surface area contributed by atoms with Crippen LogP contribution in [0.3, 0.4) is 0 Å². The molecule has 2 aliphatic heterocycles. The molecular weight excluding hydrogens is 374 g/mol. The van der Waals surface area contributed by atoms with E-state index >= 15 is 0 Å². The maximum atomic E-state index is 12.3. The average Bonchev–Trinajstić information content (AvgIpc) is 2.98. The Bertz CT molecular complexity index is 921. The Morgan fingerprint density at radius 2 is 1.52 bits per heavy atom. The van der Waals surface area contributed by atoms with Crippen LogP contribution >= 0.6 is 0 Å². The second-order valence-corrected chi connectivity index (χ2v) is 6.99. The molecule has 4 rings (SSSR count). The molecule has 2 heterocycles. The summed E-state index contributed by atoms with van der Waals surface area (Å²) in [5.41, 5.74) is 0.875. The molecule has 0 N–H and O–H groups in total. The molecule has 7 nitrogen and oxygen atoms in total. The molecule has 0 saturated heterocycles. The molecule has 0 spiro atoms. The number of fused-ring (bicyclic) bond motifs is 2. The standard InChI is InChI=1S/C22H21NO6/c1-14-19(29-18-11-5-4-10-17(18)28-14)22(26)27-13-7-6-12-23-20(24)15-8-2-3-9-16(15)21(23)25/h2-5,8-11,14,19H,6-7,12-13H2,1H3. The van der Waals surface area contributed by atoms with Crippen LogP contribution < -0.4 is 9.47 Å². The molecule has 29 heavy (non-hydrogen) atoms. The van der Waals surface area contributed by atoms with Gasteiger partial charge in [0.15, 0.2) is 11.5 Å².